The van der Waals surface area contributed by atoms with E-state index >= 15 is 0 Å². The third-order valence-electron chi connectivity index (χ3n) is 0. The average molecular weight is 276 g/mol. The molecule has 0 aromatic heterocycles. The summed E-state index contributed by atoms with van der Waals surface area (Å²) in [5.41, 5.74) is 0. The van der Waals surface area contributed by atoms with Crippen molar-refractivity contribution in [1.29, 1.82) is 0 Å². The first kappa shape index (κ1) is 29.3. The van der Waals surface area contributed by atoms with Gasteiger partial charge in [-0.25, -0.2) is 9.13 Å². The number of hydrogen-bond donors (Lipinski definition) is 6. The van der Waals surface area contributed by atoms with Crippen LogP contribution in [0.4, 0.5) is 0 Å². The quantitative estimate of drug-likeness (QED) is 0.222. The summed E-state index contributed by atoms with van der Waals surface area (Å²) in [6, 6.07) is 0. The molecule has 0 rings (SSSR count). The van der Waals surface area contributed by atoms with E-state index in [-0.39, 0.29) is 43.4 Å². The molecule has 0 bridgehead atoms. The molecule has 82 valence electrons. The molecule has 0 fully saturated rings. The Morgan fingerprint density at radius 2 is 0.692 bits per heavy atom. The summed E-state index contributed by atoms with van der Waals surface area (Å²) in [6.07, 6.45) is 0. The van der Waals surface area contributed by atoms with Gasteiger partial charge in [0.05, 0.1) is 0 Å². The van der Waals surface area contributed by atoms with Crippen molar-refractivity contribution in [1.82, 2.24) is 0 Å². The van der Waals surface area contributed by atoms with Gasteiger partial charge in [0.15, 0.2) is 0 Å². The van der Waals surface area contributed by atoms with Crippen LogP contribution >= 0.6 is 15.6 Å². The third-order valence-corrected chi connectivity index (χ3v) is 0. The van der Waals surface area contributed by atoms with Gasteiger partial charge in [-0.1, -0.05) is 7.43 Å². The second-order valence-corrected chi connectivity index (χ2v) is 3.08. The van der Waals surface area contributed by atoms with Crippen molar-refractivity contribution in [3.63, 3.8) is 0 Å². The summed E-state index contributed by atoms with van der Waals surface area (Å²) >= 11 is 0. The van der Waals surface area contributed by atoms with Crippen LogP contribution in [0.15, 0.2) is 0 Å². The van der Waals surface area contributed by atoms with E-state index in [0.717, 1.165) is 0 Å². The van der Waals surface area contributed by atoms with E-state index in [1.165, 1.54) is 0 Å². The maximum absolute atomic E-state index is 8.88. The van der Waals surface area contributed by atoms with Crippen molar-refractivity contribution in [2.75, 3.05) is 0 Å². The summed E-state index contributed by atoms with van der Waals surface area (Å²) in [4.78, 5) is 43.1. The first-order valence-electron chi connectivity index (χ1n) is 1.57. The van der Waals surface area contributed by atoms with Crippen molar-refractivity contribution >= 4 is 34.5 Å². The van der Waals surface area contributed by atoms with Gasteiger partial charge >= 0.3 is 34.5 Å². The molecule has 0 aliphatic heterocycles. The Kier molecular flexibility index (Phi) is 25.7. The minimum absolute atomic E-state index is 0. The molecule has 0 aromatic carbocycles. The Balaban J connectivity index is -0.0000000267. The van der Waals surface area contributed by atoms with Crippen LogP contribution in [0.1, 0.15) is 7.43 Å². The first-order valence-corrected chi connectivity index (χ1v) is 4.70. The molecule has 0 aromatic rings. The fourth-order valence-electron chi connectivity index (χ4n) is 0. The molecular weight excluding hydrogens is 265 g/mol. The fourth-order valence-corrected chi connectivity index (χ4v) is 0. The Morgan fingerprint density at radius 1 is 0.692 bits per heavy atom. The van der Waals surface area contributed by atoms with Gasteiger partial charge in [-0.3, -0.25) is 0 Å². The molecule has 0 saturated heterocycles. The SMILES string of the molecule is C.O=P(O)(O)O.O=P(O)(O)O.[Fe].[LiH]. The van der Waals surface area contributed by atoms with Crippen LogP contribution in [0.5, 0.6) is 0 Å². The zero-order valence-corrected chi connectivity index (χ0v) is 7.64. The Bertz CT molecular complexity index is 134. The third kappa shape index (κ3) is 959. The van der Waals surface area contributed by atoms with E-state index in [1.807, 2.05) is 0 Å². The van der Waals surface area contributed by atoms with Gasteiger partial charge in [0.1, 0.15) is 0 Å². The van der Waals surface area contributed by atoms with E-state index in [0.29, 0.717) is 0 Å². The molecule has 13 heavy (non-hydrogen) atoms. The second-order valence-electron chi connectivity index (χ2n) is 1.03. The van der Waals surface area contributed by atoms with Gasteiger partial charge in [0, 0.05) is 17.1 Å². The standard InChI is InChI=1S/CH4.Fe.Li.2H3O4P.H/c;;;2*1-5(2,3)4;/h1H4;;;2*(H3,1,2,3,4);. The van der Waals surface area contributed by atoms with Gasteiger partial charge in [-0.15, -0.1) is 0 Å². The van der Waals surface area contributed by atoms with E-state index in [4.69, 9.17) is 38.5 Å². The summed E-state index contributed by atoms with van der Waals surface area (Å²) in [5, 5.41) is 0. The fraction of sp³-hybridized carbons (Fsp3) is 1.00. The molecule has 12 heteroatoms. The molecule has 0 aliphatic rings. The monoisotopic (exact) mass is 276 g/mol. The summed E-state index contributed by atoms with van der Waals surface area (Å²) < 4.78 is 17.8. The van der Waals surface area contributed by atoms with Crippen molar-refractivity contribution < 1.29 is 55.6 Å². The molecule has 8 nitrogen and oxygen atoms in total. The van der Waals surface area contributed by atoms with Crippen molar-refractivity contribution in [3.8, 4) is 0 Å². The van der Waals surface area contributed by atoms with Crippen molar-refractivity contribution in [3.05, 3.63) is 0 Å². The van der Waals surface area contributed by atoms with E-state index in [1.54, 1.807) is 0 Å². The molecule has 0 atom stereocenters. The molecule has 0 radical (unpaired) electrons. The van der Waals surface area contributed by atoms with E-state index in [9.17, 15) is 0 Å². The molecule has 0 heterocycles. The zero-order chi connectivity index (χ0) is 9.00. The average Bonchev–Trinajstić information content (AvgIpc) is 1.12. The predicted octanol–water partition coefficient (Wildman–Crippen LogP) is -1.87. The maximum atomic E-state index is 8.88. The molecule has 0 spiro atoms. The molecule has 0 amide bonds. The van der Waals surface area contributed by atoms with Gasteiger partial charge in [-0.05, 0) is 0 Å². The summed E-state index contributed by atoms with van der Waals surface area (Å²) in [7, 11) is -9.28. The predicted molar refractivity (Wildman–Crippen MR) is 42.4 cm³/mol. The van der Waals surface area contributed by atoms with Gasteiger partial charge in [0.25, 0.3) is 0 Å². The van der Waals surface area contributed by atoms with Crippen LogP contribution in [-0.4, -0.2) is 48.2 Å². The van der Waals surface area contributed by atoms with Crippen LogP contribution in [-0.2, 0) is 26.2 Å². The van der Waals surface area contributed by atoms with Crippen LogP contribution in [0.2, 0.25) is 0 Å². The molecule has 0 saturated carbocycles. The Morgan fingerprint density at radius 3 is 0.692 bits per heavy atom. The summed E-state index contributed by atoms with van der Waals surface area (Å²) in [5.74, 6) is 0. The van der Waals surface area contributed by atoms with Crippen LogP contribution in [0.3, 0.4) is 0 Å². The van der Waals surface area contributed by atoms with Crippen molar-refractivity contribution in [2.45, 2.75) is 7.43 Å². The molecule has 0 aliphatic carbocycles. The molecule has 0 unspecified atom stereocenters. The first-order chi connectivity index (χ1) is 4.00. The van der Waals surface area contributed by atoms with Crippen LogP contribution in [0.25, 0.3) is 0 Å². The van der Waals surface area contributed by atoms with Gasteiger partial charge < -0.3 is 29.4 Å². The van der Waals surface area contributed by atoms with Crippen molar-refractivity contribution in [2.24, 2.45) is 0 Å². The Hall–Kier alpha value is 1.34. The number of hydrogen-bond acceptors (Lipinski definition) is 2. The normalized spacial score (nSPS) is 9.08. The van der Waals surface area contributed by atoms with E-state index in [2.05, 4.69) is 0 Å². The van der Waals surface area contributed by atoms with Crippen LogP contribution < -0.4 is 0 Å². The summed E-state index contributed by atoms with van der Waals surface area (Å²) in [6.45, 7) is 0. The molecule has 6 N–H and O–H groups in total. The van der Waals surface area contributed by atoms with E-state index < -0.39 is 15.6 Å². The topological polar surface area (TPSA) is 156 Å². The van der Waals surface area contributed by atoms with Gasteiger partial charge in [-0.2, -0.15) is 0 Å². The number of phosphoric acid groups is 2. The second kappa shape index (κ2) is 11.4. The number of rotatable bonds is 0. The Labute approximate surface area is 97.5 Å². The van der Waals surface area contributed by atoms with Crippen LogP contribution in [0, 0.1) is 0 Å². The minimum atomic E-state index is -4.64. The van der Waals surface area contributed by atoms with Gasteiger partial charge in [0.2, 0.25) is 0 Å². The molecular formula is CH11FeLiO8P2. The zero-order valence-electron chi connectivity index (χ0n) is 4.75.